The second-order valence-corrected chi connectivity index (χ2v) is 19.7. The summed E-state index contributed by atoms with van der Waals surface area (Å²) in [4.78, 5) is 4.97. The molecular formula is C66H64N2. The van der Waals surface area contributed by atoms with Crippen molar-refractivity contribution in [2.75, 3.05) is 9.80 Å². The molecule has 9 rings (SSSR count). The van der Waals surface area contributed by atoms with E-state index >= 15 is 0 Å². The fraction of sp³-hybridized carbons (Fsp3) is 0.182. The summed E-state index contributed by atoms with van der Waals surface area (Å²) < 4.78 is 0. The lowest BCUT2D eigenvalue weighted by atomic mass is 9.82. The number of nitrogens with zero attached hydrogens (tertiary/aromatic N) is 2. The summed E-state index contributed by atoms with van der Waals surface area (Å²) in [6, 6.07) is 65.3. The van der Waals surface area contributed by atoms with Gasteiger partial charge in [0, 0.05) is 28.5 Å². The van der Waals surface area contributed by atoms with Crippen LogP contribution in [0.3, 0.4) is 0 Å². The molecule has 0 saturated heterocycles. The summed E-state index contributed by atoms with van der Waals surface area (Å²) in [6.45, 7) is 15.7. The van der Waals surface area contributed by atoms with Crippen LogP contribution in [0.4, 0.5) is 11.4 Å². The summed E-state index contributed by atoms with van der Waals surface area (Å²) in [7, 11) is 0. The van der Waals surface area contributed by atoms with Crippen molar-refractivity contribution in [3.05, 3.63) is 283 Å². The van der Waals surface area contributed by atoms with Crippen LogP contribution in [0.5, 0.6) is 0 Å². The minimum absolute atomic E-state index is 0.116. The van der Waals surface area contributed by atoms with Gasteiger partial charge >= 0.3 is 0 Å². The SMILES string of the molecule is CC1=CCC(N(/C=c2\cccc\c2=C(\c2ccccc2)c2cc(/C=c3\cccc\c3=C(\c3ccccc3)N(C3=CC=C(C)CC3)c3ccc(C)cc3)cc(C(C)(C)C)c2)c2ccc(C)cc2)C=C1. The lowest BCUT2D eigenvalue weighted by molar-refractivity contribution is 0.590. The van der Waals surface area contributed by atoms with E-state index in [0.717, 1.165) is 35.7 Å². The first kappa shape index (κ1) is 45.7. The summed E-state index contributed by atoms with van der Waals surface area (Å²) in [5.74, 6) is 0. The second-order valence-electron chi connectivity index (χ2n) is 19.7. The molecule has 0 spiro atoms. The van der Waals surface area contributed by atoms with Gasteiger partial charge in [-0.3, -0.25) is 0 Å². The van der Waals surface area contributed by atoms with Gasteiger partial charge in [0.2, 0.25) is 0 Å². The van der Waals surface area contributed by atoms with Crippen molar-refractivity contribution in [2.24, 2.45) is 0 Å². The topological polar surface area (TPSA) is 6.48 Å². The zero-order chi connectivity index (χ0) is 47.2. The zero-order valence-corrected chi connectivity index (χ0v) is 40.9. The van der Waals surface area contributed by atoms with Crippen molar-refractivity contribution in [3.8, 4) is 0 Å². The number of benzene rings is 7. The number of aryl methyl sites for hydroxylation is 2. The molecule has 338 valence electrons. The number of allylic oxidation sites excluding steroid dienone is 6. The number of rotatable bonds is 10. The smallest absolute Gasteiger partial charge is 0.0609 e. The van der Waals surface area contributed by atoms with E-state index in [1.54, 1.807) is 0 Å². The van der Waals surface area contributed by atoms with Gasteiger partial charge in [0.25, 0.3) is 0 Å². The van der Waals surface area contributed by atoms with Gasteiger partial charge in [-0.25, -0.2) is 0 Å². The van der Waals surface area contributed by atoms with Crippen molar-refractivity contribution < 1.29 is 0 Å². The molecule has 7 aromatic rings. The van der Waals surface area contributed by atoms with E-state index in [-0.39, 0.29) is 11.5 Å². The fourth-order valence-corrected chi connectivity index (χ4v) is 9.45. The molecule has 0 bridgehead atoms. The predicted octanol–water partition coefficient (Wildman–Crippen LogP) is 13.5. The van der Waals surface area contributed by atoms with Gasteiger partial charge in [0.15, 0.2) is 0 Å². The molecule has 0 heterocycles. The van der Waals surface area contributed by atoms with Crippen LogP contribution < -0.4 is 30.7 Å². The number of hydrogen-bond donors (Lipinski definition) is 0. The van der Waals surface area contributed by atoms with E-state index in [9.17, 15) is 0 Å². The molecule has 2 nitrogen and oxygen atoms in total. The van der Waals surface area contributed by atoms with Crippen LogP contribution in [0.2, 0.25) is 0 Å². The Morgan fingerprint density at radius 2 is 1.16 bits per heavy atom. The van der Waals surface area contributed by atoms with Gasteiger partial charge < -0.3 is 9.80 Å². The summed E-state index contributed by atoms with van der Waals surface area (Å²) >= 11 is 0. The normalized spacial score (nSPS) is 16.4. The van der Waals surface area contributed by atoms with Crippen molar-refractivity contribution >= 4 is 34.9 Å². The Morgan fingerprint density at radius 1 is 0.559 bits per heavy atom. The van der Waals surface area contributed by atoms with E-state index in [0.29, 0.717) is 0 Å². The molecule has 0 fully saturated rings. The molecule has 0 N–H and O–H groups in total. The minimum atomic E-state index is -0.116. The molecule has 0 aliphatic heterocycles. The van der Waals surface area contributed by atoms with Crippen molar-refractivity contribution in [2.45, 2.75) is 79.2 Å². The van der Waals surface area contributed by atoms with Crippen LogP contribution in [-0.4, -0.2) is 6.04 Å². The lowest BCUT2D eigenvalue weighted by Gasteiger charge is -2.32. The van der Waals surface area contributed by atoms with Crippen molar-refractivity contribution in [3.63, 3.8) is 0 Å². The largest absolute Gasteiger partial charge is 0.340 e. The van der Waals surface area contributed by atoms with E-state index in [1.165, 1.54) is 82.8 Å². The monoisotopic (exact) mass is 885 g/mol. The molecular weight excluding hydrogens is 821 g/mol. The maximum Gasteiger partial charge on any atom is 0.0609 e. The molecule has 1 unspecified atom stereocenters. The summed E-state index contributed by atoms with van der Waals surface area (Å²) in [6.07, 6.45) is 19.3. The average molecular weight is 885 g/mol. The second kappa shape index (κ2) is 20.2. The Kier molecular flexibility index (Phi) is 13.6. The van der Waals surface area contributed by atoms with Crippen LogP contribution in [0.25, 0.3) is 23.5 Å². The zero-order valence-electron chi connectivity index (χ0n) is 40.9. The highest BCUT2D eigenvalue weighted by Crippen LogP contribution is 2.34. The average Bonchev–Trinajstić information content (AvgIpc) is 3.35. The first-order chi connectivity index (χ1) is 33.0. The standard InChI is InChI=1S/C66H64N2/c1-47-26-34-58(35-27-47)67(59-36-28-48(2)29-37-59)46-55-23-15-16-24-62(55)64(52-18-10-8-11-19-52)56-43-51(44-57(45-56)66(5,6)7)42-54-22-14-17-25-63(54)65(53-20-12-9-13-21-53)68(60-38-30-49(3)31-39-60)61-40-32-50(4)33-41-61/h8-32,34-36,38-40,42-46,59H,33,37,41H2,1-7H3/b54-42+,55-46+,64-62+,65-63+. The predicted molar refractivity (Wildman–Crippen MR) is 291 cm³/mol. The van der Waals surface area contributed by atoms with Crippen LogP contribution in [0, 0.1) is 13.8 Å². The summed E-state index contributed by atoms with van der Waals surface area (Å²) in [5.41, 5.74) is 17.1. The molecule has 7 aromatic carbocycles. The van der Waals surface area contributed by atoms with Crippen LogP contribution in [0.1, 0.15) is 92.8 Å². The molecule has 68 heavy (non-hydrogen) atoms. The Hall–Kier alpha value is -7.42. The highest BCUT2D eigenvalue weighted by atomic mass is 15.2. The summed E-state index contributed by atoms with van der Waals surface area (Å²) in [5, 5.41) is 4.71. The van der Waals surface area contributed by atoms with Gasteiger partial charge in [0.1, 0.15) is 0 Å². The first-order valence-corrected chi connectivity index (χ1v) is 24.3. The molecule has 0 radical (unpaired) electrons. The Bertz CT molecular complexity index is 3300. The third-order valence-corrected chi connectivity index (χ3v) is 13.4. The van der Waals surface area contributed by atoms with Gasteiger partial charge in [-0.2, -0.15) is 0 Å². The highest BCUT2D eigenvalue weighted by Gasteiger charge is 2.23. The van der Waals surface area contributed by atoms with Crippen LogP contribution in [-0.2, 0) is 5.41 Å². The molecule has 2 aliphatic carbocycles. The highest BCUT2D eigenvalue weighted by molar-refractivity contribution is 5.84. The number of anilines is 2. The third-order valence-electron chi connectivity index (χ3n) is 13.4. The maximum absolute atomic E-state index is 2.51. The molecule has 0 amide bonds. The van der Waals surface area contributed by atoms with Gasteiger partial charge in [0.05, 0.1) is 11.7 Å². The fourth-order valence-electron chi connectivity index (χ4n) is 9.45. The molecule has 2 heteroatoms. The van der Waals surface area contributed by atoms with Crippen molar-refractivity contribution in [1.29, 1.82) is 0 Å². The lowest BCUT2D eigenvalue weighted by Crippen LogP contribution is -2.36. The van der Waals surface area contributed by atoms with Crippen LogP contribution >= 0.6 is 0 Å². The Labute approximate surface area is 405 Å². The molecule has 0 aromatic heterocycles. The van der Waals surface area contributed by atoms with E-state index in [1.807, 2.05) is 0 Å². The minimum Gasteiger partial charge on any atom is -0.340 e. The van der Waals surface area contributed by atoms with Crippen molar-refractivity contribution in [1.82, 2.24) is 0 Å². The first-order valence-electron chi connectivity index (χ1n) is 24.3. The van der Waals surface area contributed by atoms with Gasteiger partial charge in [-0.1, -0.05) is 213 Å². The van der Waals surface area contributed by atoms with E-state index in [2.05, 4.69) is 277 Å². The molecule has 0 saturated carbocycles. The quantitative estimate of drug-likeness (QED) is 0.135. The number of hydrogen-bond acceptors (Lipinski definition) is 2. The Balaban J connectivity index is 1.33. The van der Waals surface area contributed by atoms with Gasteiger partial charge in [-0.15, -0.1) is 0 Å². The maximum atomic E-state index is 2.51. The molecule has 1 atom stereocenters. The van der Waals surface area contributed by atoms with Gasteiger partial charge in [-0.05, 0) is 144 Å². The third kappa shape index (κ3) is 10.4. The van der Waals surface area contributed by atoms with Crippen LogP contribution in [0.15, 0.2) is 223 Å². The van der Waals surface area contributed by atoms with E-state index < -0.39 is 0 Å². The molecule has 2 aliphatic rings. The van der Waals surface area contributed by atoms with E-state index in [4.69, 9.17) is 0 Å². The Morgan fingerprint density at radius 3 is 1.78 bits per heavy atom.